The van der Waals surface area contributed by atoms with Crippen LogP contribution in [0.4, 0.5) is 4.39 Å². The van der Waals surface area contributed by atoms with Crippen LogP contribution in [0.2, 0.25) is 5.02 Å². The van der Waals surface area contributed by atoms with Crippen molar-refractivity contribution in [2.24, 2.45) is 17.1 Å². The molecule has 3 heteroatoms. The van der Waals surface area contributed by atoms with Crippen molar-refractivity contribution in [3.05, 3.63) is 34.6 Å². The standard InChI is InChI=1S/C15H21ClFN/c1-2-11-5-6-15(8-11,10-18)9-12-3-4-13(17)7-14(12)16/h3-4,7,11H,2,5-6,8-10,18H2,1H3. The molecule has 100 valence electrons. The molecule has 2 rings (SSSR count). The van der Waals surface area contributed by atoms with Crippen molar-refractivity contribution in [1.29, 1.82) is 0 Å². The van der Waals surface area contributed by atoms with E-state index in [2.05, 4.69) is 6.92 Å². The van der Waals surface area contributed by atoms with E-state index in [4.69, 9.17) is 17.3 Å². The fourth-order valence-electron chi connectivity index (χ4n) is 3.16. The van der Waals surface area contributed by atoms with Crippen molar-refractivity contribution in [1.82, 2.24) is 0 Å². The van der Waals surface area contributed by atoms with Crippen LogP contribution in [0.25, 0.3) is 0 Å². The SMILES string of the molecule is CCC1CCC(CN)(Cc2ccc(F)cc2Cl)C1. The van der Waals surface area contributed by atoms with Gasteiger partial charge in [0, 0.05) is 5.02 Å². The number of hydrogen-bond acceptors (Lipinski definition) is 1. The van der Waals surface area contributed by atoms with Crippen molar-refractivity contribution < 1.29 is 4.39 Å². The van der Waals surface area contributed by atoms with Gasteiger partial charge in [-0.25, -0.2) is 4.39 Å². The van der Waals surface area contributed by atoms with Gasteiger partial charge < -0.3 is 5.73 Å². The number of rotatable bonds is 4. The highest BCUT2D eigenvalue weighted by atomic mass is 35.5. The molecule has 1 fully saturated rings. The highest BCUT2D eigenvalue weighted by Crippen LogP contribution is 2.45. The molecule has 0 aromatic heterocycles. The van der Waals surface area contributed by atoms with E-state index in [0.717, 1.165) is 24.3 Å². The summed E-state index contributed by atoms with van der Waals surface area (Å²) in [5.74, 6) is 0.510. The van der Waals surface area contributed by atoms with Crippen LogP contribution in [0.5, 0.6) is 0 Å². The van der Waals surface area contributed by atoms with Crippen LogP contribution in [0.3, 0.4) is 0 Å². The van der Waals surface area contributed by atoms with Crippen molar-refractivity contribution in [3.63, 3.8) is 0 Å². The fourth-order valence-corrected chi connectivity index (χ4v) is 3.40. The summed E-state index contributed by atoms with van der Waals surface area (Å²) in [5, 5.41) is 0.530. The van der Waals surface area contributed by atoms with Crippen molar-refractivity contribution in [2.45, 2.75) is 39.0 Å². The van der Waals surface area contributed by atoms with E-state index in [-0.39, 0.29) is 11.2 Å². The van der Waals surface area contributed by atoms with E-state index in [1.165, 1.54) is 31.4 Å². The molecule has 18 heavy (non-hydrogen) atoms. The zero-order valence-corrected chi connectivity index (χ0v) is 11.6. The van der Waals surface area contributed by atoms with E-state index in [9.17, 15) is 4.39 Å². The number of benzene rings is 1. The normalized spacial score (nSPS) is 27.7. The molecule has 0 saturated heterocycles. The van der Waals surface area contributed by atoms with Gasteiger partial charge in [0.25, 0.3) is 0 Å². The predicted molar refractivity (Wildman–Crippen MR) is 74.2 cm³/mol. The molecule has 2 N–H and O–H groups in total. The average Bonchev–Trinajstić information content (AvgIpc) is 2.77. The Kier molecular flexibility index (Phi) is 4.29. The lowest BCUT2D eigenvalue weighted by Gasteiger charge is -2.28. The second-order valence-electron chi connectivity index (χ2n) is 5.63. The summed E-state index contributed by atoms with van der Waals surface area (Å²) in [4.78, 5) is 0. The Morgan fingerprint density at radius 3 is 2.83 bits per heavy atom. The van der Waals surface area contributed by atoms with Crippen molar-refractivity contribution in [2.75, 3.05) is 6.54 Å². The van der Waals surface area contributed by atoms with Crippen LogP contribution in [0.15, 0.2) is 18.2 Å². The van der Waals surface area contributed by atoms with Crippen LogP contribution in [0, 0.1) is 17.2 Å². The summed E-state index contributed by atoms with van der Waals surface area (Å²) in [6, 6.07) is 4.68. The molecule has 1 aliphatic rings. The molecule has 1 saturated carbocycles. The molecule has 0 aliphatic heterocycles. The highest BCUT2D eigenvalue weighted by molar-refractivity contribution is 6.31. The van der Waals surface area contributed by atoms with Crippen molar-refractivity contribution in [3.8, 4) is 0 Å². The van der Waals surface area contributed by atoms with Gasteiger partial charge in [-0.3, -0.25) is 0 Å². The number of nitrogens with two attached hydrogens (primary N) is 1. The molecule has 1 nitrogen and oxygen atoms in total. The largest absolute Gasteiger partial charge is 0.330 e. The highest BCUT2D eigenvalue weighted by Gasteiger charge is 2.37. The first-order valence-corrected chi connectivity index (χ1v) is 7.10. The van der Waals surface area contributed by atoms with Crippen LogP contribution in [-0.4, -0.2) is 6.54 Å². The van der Waals surface area contributed by atoms with E-state index in [0.29, 0.717) is 11.6 Å². The topological polar surface area (TPSA) is 26.0 Å². The molecule has 0 spiro atoms. The second kappa shape index (κ2) is 5.58. The van der Waals surface area contributed by atoms with Gasteiger partial charge in [-0.05, 0) is 61.3 Å². The Morgan fingerprint density at radius 1 is 1.50 bits per heavy atom. The van der Waals surface area contributed by atoms with Gasteiger partial charge in [-0.1, -0.05) is 31.0 Å². The van der Waals surface area contributed by atoms with Gasteiger partial charge in [0.2, 0.25) is 0 Å². The lowest BCUT2D eigenvalue weighted by molar-refractivity contribution is 0.290. The van der Waals surface area contributed by atoms with Crippen molar-refractivity contribution >= 4 is 11.6 Å². The monoisotopic (exact) mass is 269 g/mol. The minimum atomic E-state index is -0.275. The summed E-state index contributed by atoms with van der Waals surface area (Å²) in [7, 11) is 0. The Hall–Kier alpha value is -0.600. The second-order valence-corrected chi connectivity index (χ2v) is 6.04. The molecule has 0 bridgehead atoms. The lowest BCUT2D eigenvalue weighted by Crippen LogP contribution is -2.30. The Balaban J connectivity index is 2.16. The minimum absolute atomic E-state index is 0.169. The first-order chi connectivity index (χ1) is 8.58. The van der Waals surface area contributed by atoms with E-state index in [1.54, 1.807) is 6.07 Å². The molecule has 1 aliphatic carbocycles. The van der Waals surface area contributed by atoms with E-state index < -0.39 is 0 Å². The van der Waals surface area contributed by atoms with Gasteiger partial charge in [0.1, 0.15) is 5.82 Å². The maximum Gasteiger partial charge on any atom is 0.124 e. The maximum atomic E-state index is 13.0. The zero-order valence-electron chi connectivity index (χ0n) is 10.9. The first-order valence-electron chi connectivity index (χ1n) is 6.72. The number of halogens is 2. The summed E-state index contributed by atoms with van der Waals surface area (Å²) in [6.45, 7) is 2.93. The molecule has 1 aromatic rings. The maximum absolute atomic E-state index is 13.0. The molecule has 2 unspecified atom stereocenters. The molecule has 0 radical (unpaired) electrons. The minimum Gasteiger partial charge on any atom is -0.330 e. The van der Waals surface area contributed by atoms with E-state index in [1.807, 2.05) is 0 Å². The van der Waals surface area contributed by atoms with Gasteiger partial charge in [0.05, 0.1) is 0 Å². The fraction of sp³-hybridized carbons (Fsp3) is 0.600. The Labute approximate surface area is 114 Å². The quantitative estimate of drug-likeness (QED) is 0.872. The molecular weight excluding hydrogens is 249 g/mol. The van der Waals surface area contributed by atoms with Gasteiger partial charge in [-0.15, -0.1) is 0 Å². The van der Waals surface area contributed by atoms with Crippen LogP contribution in [-0.2, 0) is 6.42 Å². The molecule has 0 amide bonds. The Bertz CT molecular complexity index is 421. The Morgan fingerprint density at radius 2 is 2.28 bits per heavy atom. The predicted octanol–water partition coefficient (Wildman–Crippen LogP) is 4.18. The van der Waals surface area contributed by atoms with Gasteiger partial charge >= 0.3 is 0 Å². The molecule has 1 aromatic carbocycles. The summed E-state index contributed by atoms with van der Waals surface area (Å²) < 4.78 is 13.0. The molecule has 2 atom stereocenters. The summed E-state index contributed by atoms with van der Waals surface area (Å²) in [6.07, 6.45) is 5.69. The molecule has 0 heterocycles. The summed E-state index contributed by atoms with van der Waals surface area (Å²) >= 11 is 6.12. The smallest absolute Gasteiger partial charge is 0.124 e. The van der Waals surface area contributed by atoms with Crippen LogP contribution < -0.4 is 5.73 Å². The van der Waals surface area contributed by atoms with Crippen LogP contribution in [0.1, 0.15) is 38.2 Å². The third-order valence-electron chi connectivity index (χ3n) is 4.40. The van der Waals surface area contributed by atoms with Gasteiger partial charge in [-0.2, -0.15) is 0 Å². The number of hydrogen-bond donors (Lipinski definition) is 1. The molecular formula is C15H21ClFN. The first kappa shape index (κ1) is 13.8. The lowest BCUT2D eigenvalue weighted by atomic mass is 9.79. The van der Waals surface area contributed by atoms with Crippen LogP contribution >= 0.6 is 11.6 Å². The average molecular weight is 270 g/mol. The third kappa shape index (κ3) is 2.86. The summed E-state index contributed by atoms with van der Waals surface area (Å²) in [5.41, 5.74) is 7.19. The third-order valence-corrected chi connectivity index (χ3v) is 4.75. The zero-order chi connectivity index (χ0) is 13.2. The van der Waals surface area contributed by atoms with E-state index >= 15 is 0 Å². The van der Waals surface area contributed by atoms with Gasteiger partial charge in [0.15, 0.2) is 0 Å².